The van der Waals surface area contributed by atoms with E-state index >= 15 is 0 Å². The quantitative estimate of drug-likeness (QED) is 0.685. The van der Waals surface area contributed by atoms with E-state index in [2.05, 4.69) is 31.3 Å². The molecule has 2 aromatic rings. The summed E-state index contributed by atoms with van der Waals surface area (Å²) in [6.07, 6.45) is 1.35. The molecule has 0 unspecified atom stereocenters. The van der Waals surface area contributed by atoms with Crippen molar-refractivity contribution in [3.8, 4) is 0 Å². The zero-order chi connectivity index (χ0) is 15.0. The second-order valence-corrected chi connectivity index (χ2v) is 5.66. The number of fused-ring (bicyclic) bond motifs is 1. The van der Waals surface area contributed by atoms with E-state index in [0.29, 0.717) is 36.7 Å². The average Bonchev–Trinajstić information content (AvgIpc) is 2.73. The number of nitrogens with one attached hydrogen (secondary N) is 1. The van der Waals surface area contributed by atoms with Gasteiger partial charge < -0.3 is 16.2 Å². The summed E-state index contributed by atoms with van der Waals surface area (Å²) in [7, 11) is 0. The summed E-state index contributed by atoms with van der Waals surface area (Å²) < 4.78 is 2.35. The number of hydrogen-bond donors (Lipinski definition) is 3. The van der Waals surface area contributed by atoms with Gasteiger partial charge in [0.05, 0.1) is 23.3 Å². The van der Waals surface area contributed by atoms with Crippen molar-refractivity contribution in [3.63, 3.8) is 0 Å². The summed E-state index contributed by atoms with van der Waals surface area (Å²) in [5.74, 6) is 0.347. The Balaban J connectivity index is 2.03. The summed E-state index contributed by atoms with van der Waals surface area (Å²) in [4.78, 5) is 17.5. The van der Waals surface area contributed by atoms with Crippen LogP contribution in [0.15, 0.2) is 10.8 Å². The van der Waals surface area contributed by atoms with Crippen LogP contribution in [0.5, 0.6) is 0 Å². The summed E-state index contributed by atoms with van der Waals surface area (Å²) in [6, 6.07) is 0. The molecule has 2 aromatic heterocycles. The molecule has 3 heterocycles. The maximum atomic E-state index is 11.5. The van der Waals surface area contributed by atoms with Gasteiger partial charge in [-0.25, -0.2) is 9.50 Å². The molecule has 1 aliphatic rings. The number of aliphatic hydroxyl groups excluding tert-OH is 1. The van der Waals surface area contributed by atoms with Crippen molar-refractivity contribution >= 4 is 33.2 Å². The van der Waals surface area contributed by atoms with Crippen molar-refractivity contribution < 1.29 is 9.90 Å². The van der Waals surface area contributed by atoms with Crippen molar-refractivity contribution in [2.24, 2.45) is 0 Å². The van der Waals surface area contributed by atoms with Gasteiger partial charge >= 0.3 is 0 Å². The van der Waals surface area contributed by atoms with Crippen molar-refractivity contribution in [3.05, 3.63) is 22.1 Å². The van der Waals surface area contributed by atoms with Crippen LogP contribution in [0.2, 0.25) is 0 Å². The highest BCUT2D eigenvalue weighted by Crippen LogP contribution is 2.32. The first kappa shape index (κ1) is 14.2. The second-order valence-electron chi connectivity index (χ2n) is 4.86. The number of nitrogens with zero attached hydrogens (tertiary/aromatic N) is 4. The normalized spacial score (nSPS) is 16.4. The lowest BCUT2D eigenvalue weighted by molar-refractivity contribution is -0.124. The summed E-state index contributed by atoms with van der Waals surface area (Å²) in [5, 5.41) is 16.6. The fourth-order valence-electron chi connectivity index (χ4n) is 2.55. The zero-order valence-electron chi connectivity index (χ0n) is 11.2. The van der Waals surface area contributed by atoms with Gasteiger partial charge in [-0.15, -0.1) is 0 Å². The third-order valence-corrected chi connectivity index (χ3v) is 4.40. The van der Waals surface area contributed by atoms with Crippen LogP contribution in [0.3, 0.4) is 0 Å². The van der Waals surface area contributed by atoms with E-state index in [-0.39, 0.29) is 12.5 Å². The molecule has 1 aliphatic heterocycles. The van der Waals surface area contributed by atoms with Crippen LogP contribution in [0.25, 0.3) is 5.52 Å². The lowest BCUT2D eigenvalue weighted by atomic mass is 10.2. The third-order valence-electron chi connectivity index (χ3n) is 3.54. The van der Waals surface area contributed by atoms with E-state index in [1.54, 1.807) is 4.52 Å². The predicted octanol–water partition coefficient (Wildman–Crippen LogP) is -0.502. The molecule has 0 aromatic carbocycles. The number of carbonyl (C=O) groups excluding carboxylic acids is 1. The first-order chi connectivity index (χ1) is 10.1. The molecule has 21 heavy (non-hydrogen) atoms. The van der Waals surface area contributed by atoms with Crippen LogP contribution in [0.1, 0.15) is 11.3 Å². The van der Waals surface area contributed by atoms with Crippen LogP contribution in [-0.2, 0) is 17.9 Å². The van der Waals surface area contributed by atoms with E-state index in [9.17, 15) is 9.90 Å². The number of amides is 1. The molecule has 0 bridgehead atoms. The van der Waals surface area contributed by atoms with Gasteiger partial charge in [-0.3, -0.25) is 9.69 Å². The maximum Gasteiger partial charge on any atom is 0.234 e. The zero-order valence-corrected chi connectivity index (χ0v) is 12.8. The molecule has 8 nitrogen and oxygen atoms in total. The number of halogens is 1. The van der Waals surface area contributed by atoms with Crippen molar-refractivity contribution in [1.82, 2.24) is 24.8 Å². The van der Waals surface area contributed by atoms with Crippen LogP contribution >= 0.6 is 15.9 Å². The number of hydrogen-bond acceptors (Lipinski definition) is 6. The Hall–Kier alpha value is -1.71. The topological polar surface area (TPSA) is 109 Å². The van der Waals surface area contributed by atoms with Crippen molar-refractivity contribution in [2.45, 2.75) is 13.2 Å². The molecule has 0 saturated carbocycles. The second kappa shape index (κ2) is 5.58. The molecule has 1 amide bonds. The molecular formula is C12H15BrN6O2. The Bertz CT molecular complexity index is 701. The molecule has 0 atom stereocenters. The lowest BCUT2D eigenvalue weighted by Crippen LogP contribution is -2.47. The molecule has 3 rings (SSSR count). The van der Waals surface area contributed by atoms with E-state index in [1.165, 1.54) is 6.33 Å². The van der Waals surface area contributed by atoms with Crippen molar-refractivity contribution in [1.29, 1.82) is 0 Å². The largest absolute Gasteiger partial charge is 0.390 e. The third kappa shape index (κ3) is 2.47. The smallest absolute Gasteiger partial charge is 0.234 e. The van der Waals surface area contributed by atoms with Crippen molar-refractivity contribution in [2.75, 3.05) is 25.4 Å². The number of aliphatic hydroxyl groups is 1. The number of aromatic nitrogens is 3. The van der Waals surface area contributed by atoms with E-state index in [0.717, 1.165) is 16.6 Å². The van der Waals surface area contributed by atoms with Gasteiger partial charge in [0.1, 0.15) is 11.8 Å². The van der Waals surface area contributed by atoms with Crippen LogP contribution in [0.4, 0.5) is 5.82 Å². The molecular weight excluding hydrogens is 340 g/mol. The molecule has 1 saturated heterocycles. The van der Waals surface area contributed by atoms with E-state index in [1.807, 2.05) is 4.90 Å². The van der Waals surface area contributed by atoms with E-state index in [4.69, 9.17) is 5.73 Å². The minimum absolute atomic E-state index is 0.00555. The Morgan fingerprint density at radius 3 is 3.05 bits per heavy atom. The Morgan fingerprint density at radius 1 is 1.52 bits per heavy atom. The Kier molecular flexibility index (Phi) is 3.79. The van der Waals surface area contributed by atoms with Gasteiger partial charge in [0.2, 0.25) is 5.91 Å². The van der Waals surface area contributed by atoms with Gasteiger partial charge in [0.15, 0.2) is 5.82 Å². The highest BCUT2D eigenvalue weighted by Gasteiger charge is 2.23. The molecule has 0 radical (unpaired) electrons. The van der Waals surface area contributed by atoms with Crippen LogP contribution in [-0.4, -0.2) is 50.1 Å². The number of piperazine rings is 1. The van der Waals surface area contributed by atoms with E-state index < -0.39 is 0 Å². The number of anilines is 1. The molecule has 0 aliphatic carbocycles. The maximum absolute atomic E-state index is 11.5. The number of rotatable bonds is 3. The lowest BCUT2D eigenvalue weighted by Gasteiger charge is -2.26. The van der Waals surface area contributed by atoms with Gasteiger partial charge in [-0.2, -0.15) is 5.10 Å². The first-order valence-corrected chi connectivity index (χ1v) is 7.29. The van der Waals surface area contributed by atoms with Gasteiger partial charge in [-0.1, -0.05) is 0 Å². The molecule has 4 N–H and O–H groups in total. The minimum atomic E-state index is -0.168. The summed E-state index contributed by atoms with van der Waals surface area (Å²) >= 11 is 3.52. The standard InChI is InChI=1S/C12H15BrN6O2/c13-10-7(3-18-2-1-15-9(21)4-18)8(5-20)19-11(10)12(14)16-6-17-19/h6,20H,1-5H2,(H,15,21)(H2,14,16,17). The Morgan fingerprint density at radius 2 is 2.33 bits per heavy atom. The van der Waals surface area contributed by atoms with Gasteiger partial charge in [0, 0.05) is 25.2 Å². The predicted molar refractivity (Wildman–Crippen MR) is 79.3 cm³/mol. The SMILES string of the molecule is Nc1ncnn2c(CO)c(CN3CCNC(=O)C3)c(Br)c12. The molecule has 1 fully saturated rings. The van der Waals surface area contributed by atoms with Crippen LogP contribution < -0.4 is 11.1 Å². The fourth-order valence-corrected chi connectivity index (χ4v) is 3.27. The number of carbonyl (C=O) groups is 1. The monoisotopic (exact) mass is 354 g/mol. The highest BCUT2D eigenvalue weighted by molar-refractivity contribution is 9.10. The minimum Gasteiger partial charge on any atom is -0.390 e. The molecule has 0 spiro atoms. The summed E-state index contributed by atoms with van der Waals surface area (Å²) in [5.41, 5.74) is 8.05. The summed E-state index contributed by atoms with van der Waals surface area (Å²) in [6.45, 7) is 2.09. The number of nitrogens with two attached hydrogens (primary N) is 1. The average molecular weight is 355 g/mol. The first-order valence-electron chi connectivity index (χ1n) is 6.50. The molecule has 112 valence electrons. The van der Waals surface area contributed by atoms with Gasteiger partial charge in [-0.05, 0) is 15.9 Å². The molecule has 9 heteroatoms. The van der Waals surface area contributed by atoms with Gasteiger partial charge in [0.25, 0.3) is 0 Å². The van der Waals surface area contributed by atoms with Crippen LogP contribution in [0, 0.1) is 0 Å². The highest BCUT2D eigenvalue weighted by atomic mass is 79.9. The Labute approximate surface area is 129 Å². The number of nitrogen functional groups attached to an aromatic ring is 1. The fraction of sp³-hybridized carbons (Fsp3) is 0.417.